The molecule has 7 nitrogen and oxygen atoms in total. The van der Waals surface area contributed by atoms with E-state index in [9.17, 15) is 18.4 Å². The van der Waals surface area contributed by atoms with Crippen LogP contribution in [0, 0.1) is 17.6 Å². The summed E-state index contributed by atoms with van der Waals surface area (Å²) in [7, 11) is 0. The van der Waals surface area contributed by atoms with E-state index < -0.39 is 17.5 Å². The second-order valence-electron chi connectivity index (χ2n) is 9.29. The van der Waals surface area contributed by atoms with Crippen LogP contribution in [0.5, 0.6) is 0 Å². The van der Waals surface area contributed by atoms with E-state index >= 15 is 0 Å². The summed E-state index contributed by atoms with van der Waals surface area (Å²) < 4.78 is 27.5. The fraction of sp³-hybridized carbons (Fsp3) is 0.333. The molecule has 0 spiro atoms. The minimum absolute atomic E-state index is 0.00876. The first-order valence-corrected chi connectivity index (χ1v) is 12.2. The molecule has 2 aliphatic rings. The zero-order valence-corrected chi connectivity index (χ0v) is 19.7. The minimum Gasteiger partial charge on any atom is -0.354 e. The van der Waals surface area contributed by atoms with Gasteiger partial charge in [-0.3, -0.25) is 9.59 Å². The number of halogens is 2. The van der Waals surface area contributed by atoms with Crippen LogP contribution >= 0.6 is 0 Å². The molecule has 3 heterocycles. The minimum atomic E-state index is -1.10. The SMILES string of the molecule is O=C(Nc1ccc(C2CCN(C(=O)c3cccc(F)c3F)CC2)cc1)C1CCN(c2cccnn2)C1. The van der Waals surface area contributed by atoms with Gasteiger partial charge in [-0.2, -0.15) is 5.10 Å². The van der Waals surface area contributed by atoms with E-state index in [1.165, 1.54) is 12.1 Å². The Morgan fingerprint density at radius 1 is 0.917 bits per heavy atom. The van der Waals surface area contributed by atoms with Crippen molar-refractivity contribution in [3.05, 3.63) is 83.6 Å². The summed E-state index contributed by atoms with van der Waals surface area (Å²) in [6.07, 6.45) is 3.85. The summed E-state index contributed by atoms with van der Waals surface area (Å²) >= 11 is 0. The van der Waals surface area contributed by atoms with Crippen LogP contribution < -0.4 is 10.2 Å². The van der Waals surface area contributed by atoms with Crippen molar-refractivity contribution in [2.75, 3.05) is 36.4 Å². The smallest absolute Gasteiger partial charge is 0.256 e. The molecule has 1 aromatic heterocycles. The molecule has 0 aliphatic carbocycles. The van der Waals surface area contributed by atoms with Gasteiger partial charge in [0.15, 0.2) is 17.5 Å². The van der Waals surface area contributed by atoms with Gasteiger partial charge in [0.2, 0.25) is 5.91 Å². The van der Waals surface area contributed by atoms with Gasteiger partial charge in [0.05, 0.1) is 11.5 Å². The highest BCUT2D eigenvalue weighted by Crippen LogP contribution is 2.30. The zero-order valence-electron chi connectivity index (χ0n) is 19.7. The molecule has 0 radical (unpaired) electrons. The summed E-state index contributed by atoms with van der Waals surface area (Å²) in [5.41, 5.74) is 1.65. The maximum absolute atomic E-state index is 14.0. The molecule has 2 fully saturated rings. The zero-order chi connectivity index (χ0) is 25.1. The van der Waals surface area contributed by atoms with Crippen LogP contribution in [-0.2, 0) is 4.79 Å². The lowest BCUT2D eigenvalue weighted by atomic mass is 9.89. The van der Waals surface area contributed by atoms with Gasteiger partial charge in [0.25, 0.3) is 5.91 Å². The van der Waals surface area contributed by atoms with Gasteiger partial charge >= 0.3 is 0 Å². The van der Waals surface area contributed by atoms with Gasteiger partial charge in [0.1, 0.15) is 0 Å². The number of nitrogens with zero attached hydrogens (tertiary/aromatic N) is 4. The van der Waals surface area contributed by atoms with Gasteiger partial charge < -0.3 is 15.1 Å². The summed E-state index contributed by atoms with van der Waals surface area (Å²) in [5.74, 6) is -1.67. The molecule has 1 N–H and O–H groups in total. The molecule has 2 aromatic carbocycles. The van der Waals surface area contributed by atoms with Crippen molar-refractivity contribution >= 4 is 23.3 Å². The molecule has 0 bridgehead atoms. The van der Waals surface area contributed by atoms with Crippen LogP contribution in [0.15, 0.2) is 60.8 Å². The van der Waals surface area contributed by atoms with Gasteiger partial charge in [0, 0.05) is 38.1 Å². The highest BCUT2D eigenvalue weighted by Gasteiger charge is 2.30. The largest absolute Gasteiger partial charge is 0.354 e. The van der Waals surface area contributed by atoms with Crippen LogP contribution in [0.4, 0.5) is 20.3 Å². The Morgan fingerprint density at radius 3 is 2.42 bits per heavy atom. The third-order valence-electron chi connectivity index (χ3n) is 7.06. The van der Waals surface area contributed by atoms with Gasteiger partial charge in [-0.1, -0.05) is 18.2 Å². The van der Waals surface area contributed by atoms with Gasteiger partial charge in [-0.25, -0.2) is 8.78 Å². The van der Waals surface area contributed by atoms with Crippen LogP contribution in [0.1, 0.15) is 41.1 Å². The fourth-order valence-electron chi connectivity index (χ4n) is 4.98. The highest BCUT2D eigenvalue weighted by atomic mass is 19.2. The number of aromatic nitrogens is 2. The topological polar surface area (TPSA) is 78.4 Å². The number of likely N-dealkylation sites (tertiary alicyclic amines) is 1. The van der Waals surface area contributed by atoms with E-state index in [0.29, 0.717) is 19.6 Å². The average Bonchev–Trinajstić information content (AvgIpc) is 3.42. The van der Waals surface area contributed by atoms with Crippen molar-refractivity contribution < 1.29 is 18.4 Å². The number of amides is 2. The number of rotatable bonds is 5. The molecule has 3 aromatic rings. The number of hydrogen-bond donors (Lipinski definition) is 1. The van der Waals surface area contributed by atoms with Crippen molar-refractivity contribution in [3.8, 4) is 0 Å². The lowest BCUT2D eigenvalue weighted by molar-refractivity contribution is -0.119. The van der Waals surface area contributed by atoms with Crippen LogP contribution in [0.25, 0.3) is 0 Å². The maximum Gasteiger partial charge on any atom is 0.256 e. The Kier molecular flexibility index (Phi) is 6.88. The van der Waals surface area contributed by atoms with Crippen LogP contribution in [0.3, 0.4) is 0 Å². The van der Waals surface area contributed by atoms with Crippen LogP contribution in [-0.4, -0.2) is 53.1 Å². The number of carbonyl (C=O) groups is 2. The molecule has 9 heteroatoms. The first-order valence-electron chi connectivity index (χ1n) is 12.2. The normalized spacial score (nSPS) is 18.3. The second kappa shape index (κ2) is 10.4. The van der Waals surface area contributed by atoms with E-state index in [2.05, 4.69) is 20.4 Å². The molecular weight excluding hydrogens is 464 g/mol. The van der Waals surface area contributed by atoms with E-state index in [0.717, 1.165) is 48.9 Å². The molecule has 2 amide bonds. The number of benzene rings is 2. The molecule has 0 saturated carbocycles. The summed E-state index contributed by atoms with van der Waals surface area (Å²) in [6, 6.07) is 15.2. The number of anilines is 2. The Balaban J connectivity index is 1.13. The van der Waals surface area contributed by atoms with Gasteiger partial charge in [-0.15, -0.1) is 5.10 Å². The highest BCUT2D eigenvalue weighted by molar-refractivity contribution is 5.94. The third-order valence-corrected chi connectivity index (χ3v) is 7.06. The Hall–Kier alpha value is -3.88. The number of carbonyl (C=O) groups excluding carboxylic acids is 2. The van der Waals surface area contributed by atoms with Crippen molar-refractivity contribution in [3.63, 3.8) is 0 Å². The Bertz CT molecular complexity index is 1230. The van der Waals surface area contributed by atoms with Gasteiger partial charge in [-0.05, 0) is 67.1 Å². The molecule has 5 rings (SSSR count). The molecular formula is C27H27F2N5O2. The Labute approximate surface area is 208 Å². The predicted molar refractivity (Wildman–Crippen MR) is 132 cm³/mol. The lowest BCUT2D eigenvalue weighted by Crippen LogP contribution is -2.38. The third kappa shape index (κ3) is 5.05. The van der Waals surface area contributed by atoms with Crippen molar-refractivity contribution in [1.82, 2.24) is 15.1 Å². The predicted octanol–water partition coefficient (Wildman–Crippen LogP) is 4.24. The monoisotopic (exact) mass is 491 g/mol. The molecule has 2 saturated heterocycles. The molecule has 1 atom stereocenters. The first-order chi connectivity index (χ1) is 17.5. The lowest BCUT2D eigenvalue weighted by Gasteiger charge is -2.32. The molecule has 2 aliphatic heterocycles. The number of nitrogens with one attached hydrogen (secondary N) is 1. The molecule has 1 unspecified atom stereocenters. The second-order valence-corrected chi connectivity index (χ2v) is 9.29. The number of hydrogen-bond acceptors (Lipinski definition) is 5. The van der Waals surface area contributed by atoms with E-state index in [-0.39, 0.29) is 23.3 Å². The Morgan fingerprint density at radius 2 is 1.69 bits per heavy atom. The summed E-state index contributed by atoms with van der Waals surface area (Å²) in [5, 5.41) is 11.0. The summed E-state index contributed by atoms with van der Waals surface area (Å²) in [4.78, 5) is 29.1. The average molecular weight is 492 g/mol. The first kappa shape index (κ1) is 23.8. The van der Waals surface area contributed by atoms with E-state index in [4.69, 9.17) is 0 Å². The summed E-state index contributed by atoms with van der Waals surface area (Å²) in [6.45, 7) is 2.33. The number of piperidine rings is 1. The van der Waals surface area contributed by atoms with E-state index in [1.54, 1.807) is 11.1 Å². The fourth-order valence-corrected chi connectivity index (χ4v) is 4.98. The molecule has 36 heavy (non-hydrogen) atoms. The van der Waals surface area contributed by atoms with Crippen molar-refractivity contribution in [2.45, 2.75) is 25.2 Å². The standard InChI is InChI=1S/C27H27F2N5O2/c28-23-4-1-3-22(25(23)29)27(36)33-14-10-19(11-15-33)18-6-8-21(9-7-18)31-26(35)20-12-16-34(17-20)24-5-2-13-30-32-24/h1-9,13,19-20H,10-12,14-17H2,(H,31,35). The van der Waals surface area contributed by atoms with Crippen LogP contribution in [0.2, 0.25) is 0 Å². The van der Waals surface area contributed by atoms with Crippen molar-refractivity contribution in [2.24, 2.45) is 5.92 Å². The van der Waals surface area contributed by atoms with E-state index in [1.807, 2.05) is 36.4 Å². The van der Waals surface area contributed by atoms with Crippen molar-refractivity contribution in [1.29, 1.82) is 0 Å². The quantitative estimate of drug-likeness (QED) is 0.578. The molecule has 186 valence electrons. The maximum atomic E-state index is 14.0.